The Labute approximate surface area is 198 Å². The number of ether oxygens (including phenoxy) is 1. The number of carbonyl (C=O) groups excluding carboxylic acids is 2. The Kier molecular flexibility index (Phi) is 7.26. The second-order valence-electron chi connectivity index (χ2n) is 8.85. The highest BCUT2D eigenvalue weighted by molar-refractivity contribution is 7.10. The van der Waals surface area contributed by atoms with E-state index >= 15 is 0 Å². The number of rotatable bonds is 8. The molecule has 0 radical (unpaired) electrons. The summed E-state index contributed by atoms with van der Waals surface area (Å²) in [5.41, 5.74) is 1.14. The van der Waals surface area contributed by atoms with Crippen molar-refractivity contribution in [1.29, 1.82) is 0 Å². The van der Waals surface area contributed by atoms with E-state index in [-0.39, 0.29) is 30.6 Å². The smallest absolute Gasteiger partial charge is 0.318 e. The quantitative estimate of drug-likeness (QED) is 0.600. The van der Waals surface area contributed by atoms with Crippen molar-refractivity contribution in [2.24, 2.45) is 5.92 Å². The molecule has 1 aromatic carbocycles. The van der Waals surface area contributed by atoms with Crippen LogP contribution in [-0.2, 0) is 11.2 Å². The van der Waals surface area contributed by atoms with E-state index < -0.39 is 0 Å². The Bertz CT molecular complexity index is 942. The summed E-state index contributed by atoms with van der Waals surface area (Å²) in [6, 6.07) is 9.02. The van der Waals surface area contributed by atoms with Crippen LogP contribution in [0.2, 0.25) is 5.02 Å². The Balaban J connectivity index is 1.48. The summed E-state index contributed by atoms with van der Waals surface area (Å²) in [6.45, 7) is 5.57. The summed E-state index contributed by atoms with van der Waals surface area (Å²) < 4.78 is 6.05. The van der Waals surface area contributed by atoms with Gasteiger partial charge in [-0.05, 0) is 80.3 Å². The first kappa shape index (κ1) is 22.9. The van der Waals surface area contributed by atoms with E-state index in [2.05, 4.69) is 16.8 Å². The van der Waals surface area contributed by atoms with Crippen LogP contribution in [0, 0.1) is 5.92 Å². The second-order valence-corrected chi connectivity index (χ2v) is 10.3. The minimum Gasteiger partial charge on any atom is -0.491 e. The van der Waals surface area contributed by atoms with Crippen molar-refractivity contribution in [3.63, 3.8) is 0 Å². The fourth-order valence-electron chi connectivity index (χ4n) is 4.00. The Hall–Kier alpha value is -2.25. The molecule has 2 aromatic rings. The van der Waals surface area contributed by atoms with Gasteiger partial charge in [-0.2, -0.15) is 0 Å². The lowest BCUT2D eigenvalue weighted by atomic mass is 10.0. The summed E-state index contributed by atoms with van der Waals surface area (Å²) in [5.74, 6) is 1.19. The van der Waals surface area contributed by atoms with E-state index in [9.17, 15) is 9.59 Å². The van der Waals surface area contributed by atoms with Crippen LogP contribution in [0.4, 0.5) is 4.79 Å². The monoisotopic (exact) mass is 475 g/mol. The van der Waals surface area contributed by atoms with Gasteiger partial charge in [-0.1, -0.05) is 11.6 Å². The van der Waals surface area contributed by atoms with Gasteiger partial charge in [-0.3, -0.25) is 4.79 Å². The number of benzene rings is 1. The van der Waals surface area contributed by atoms with Crippen LogP contribution in [0.1, 0.15) is 43.2 Å². The highest BCUT2D eigenvalue weighted by Crippen LogP contribution is 2.34. The van der Waals surface area contributed by atoms with Gasteiger partial charge in [0, 0.05) is 29.0 Å². The molecule has 2 aliphatic rings. The number of thiophene rings is 1. The Morgan fingerprint density at radius 1 is 1.25 bits per heavy atom. The molecule has 172 valence electrons. The predicted octanol–water partition coefficient (Wildman–Crippen LogP) is 4.74. The molecular weight excluding hydrogens is 446 g/mol. The average molecular weight is 476 g/mol. The van der Waals surface area contributed by atoms with Gasteiger partial charge >= 0.3 is 6.03 Å². The molecule has 0 bridgehead atoms. The number of hydrogen-bond donors (Lipinski definition) is 1. The van der Waals surface area contributed by atoms with Gasteiger partial charge < -0.3 is 19.9 Å². The number of hydrogen-bond acceptors (Lipinski definition) is 4. The van der Waals surface area contributed by atoms with Gasteiger partial charge in [0.25, 0.3) is 0 Å². The van der Waals surface area contributed by atoms with Crippen molar-refractivity contribution >= 4 is 34.9 Å². The largest absolute Gasteiger partial charge is 0.491 e. The molecular formula is C24H30ClN3O3S. The minimum absolute atomic E-state index is 0.0307. The molecule has 4 rings (SSSR count). The molecule has 0 unspecified atom stereocenters. The van der Waals surface area contributed by atoms with E-state index in [0.717, 1.165) is 30.6 Å². The van der Waals surface area contributed by atoms with Gasteiger partial charge in [-0.15, -0.1) is 11.3 Å². The second kappa shape index (κ2) is 10.1. The van der Waals surface area contributed by atoms with Crippen LogP contribution in [0.15, 0.2) is 35.7 Å². The maximum atomic E-state index is 13.4. The van der Waals surface area contributed by atoms with Crippen molar-refractivity contribution < 1.29 is 14.3 Å². The third kappa shape index (κ3) is 5.75. The maximum absolute atomic E-state index is 13.4. The topological polar surface area (TPSA) is 61.9 Å². The number of halogens is 1. The Morgan fingerprint density at radius 3 is 2.69 bits per heavy atom. The first-order valence-electron chi connectivity index (χ1n) is 11.2. The predicted molar refractivity (Wildman–Crippen MR) is 127 cm³/mol. The van der Waals surface area contributed by atoms with Crippen LogP contribution >= 0.6 is 22.9 Å². The van der Waals surface area contributed by atoms with E-state index in [1.807, 2.05) is 30.9 Å². The molecule has 1 aromatic heterocycles. The number of nitrogens with zero attached hydrogens (tertiary/aromatic N) is 2. The summed E-state index contributed by atoms with van der Waals surface area (Å²) in [4.78, 5) is 31.0. The summed E-state index contributed by atoms with van der Waals surface area (Å²) >= 11 is 7.70. The number of urea groups is 1. The number of carbonyl (C=O) groups is 2. The van der Waals surface area contributed by atoms with E-state index in [1.54, 1.807) is 28.4 Å². The number of amides is 3. The molecule has 0 saturated heterocycles. The van der Waals surface area contributed by atoms with Gasteiger partial charge in [0.1, 0.15) is 18.9 Å². The molecule has 1 saturated carbocycles. The van der Waals surface area contributed by atoms with Crippen molar-refractivity contribution in [1.82, 2.24) is 15.1 Å². The molecule has 2 heterocycles. The molecule has 1 aliphatic heterocycles. The van der Waals surface area contributed by atoms with E-state index in [1.165, 1.54) is 4.88 Å². The lowest BCUT2D eigenvalue weighted by Crippen LogP contribution is -2.51. The van der Waals surface area contributed by atoms with Crippen LogP contribution in [0.3, 0.4) is 0 Å². The van der Waals surface area contributed by atoms with Crippen LogP contribution < -0.4 is 10.1 Å². The minimum atomic E-state index is -0.177. The normalized spacial score (nSPS) is 17.8. The molecule has 32 heavy (non-hydrogen) atoms. The van der Waals surface area contributed by atoms with E-state index in [0.29, 0.717) is 30.6 Å². The summed E-state index contributed by atoms with van der Waals surface area (Å²) in [6.07, 6.45) is 3.08. The summed E-state index contributed by atoms with van der Waals surface area (Å²) in [7, 11) is 0. The molecule has 1 aliphatic carbocycles. The zero-order valence-electron chi connectivity index (χ0n) is 18.6. The van der Waals surface area contributed by atoms with Crippen LogP contribution in [0.25, 0.3) is 0 Å². The molecule has 6 nitrogen and oxygen atoms in total. The van der Waals surface area contributed by atoms with Gasteiger partial charge in [0.15, 0.2) is 0 Å². The third-order valence-corrected chi connectivity index (χ3v) is 7.09. The SMILES string of the molecule is CC(C)NC(=O)N(CC(=O)N1CCc2sccc2[C@@H]1COc1ccc(Cl)cc1)CC1CC1. The number of fused-ring (bicyclic) bond motifs is 1. The van der Waals surface area contributed by atoms with E-state index in [4.69, 9.17) is 16.3 Å². The average Bonchev–Trinajstić information content (AvgIpc) is 3.44. The fraction of sp³-hybridized carbons (Fsp3) is 0.500. The molecule has 3 amide bonds. The highest BCUT2D eigenvalue weighted by atomic mass is 35.5. The maximum Gasteiger partial charge on any atom is 0.318 e. The van der Waals surface area contributed by atoms with Crippen molar-refractivity contribution in [3.8, 4) is 5.75 Å². The molecule has 1 fully saturated rings. The third-order valence-electron chi connectivity index (χ3n) is 5.84. The lowest BCUT2D eigenvalue weighted by molar-refractivity contribution is -0.135. The van der Waals surface area contributed by atoms with Crippen LogP contribution in [0.5, 0.6) is 5.75 Å². The van der Waals surface area contributed by atoms with Gasteiger partial charge in [0.2, 0.25) is 5.91 Å². The van der Waals surface area contributed by atoms with Gasteiger partial charge in [0.05, 0.1) is 6.04 Å². The molecule has 8 heteroatoms. The Morgan fingerprint density at radius 2 is 2.00 bits per heavy atom. The van der Waals surface area contributed by atoms with Crippen LogP contribution in [-0.4, -0.2) is 54.0 Å². The van der Waals surface area contributed by atoms with Gasteiger partial charge in [-0.25, -0.2) is 4.79 Å². The fourth-order valence-corrected chi connectivity index (χ4v) is 5.06. The van der Waals surface area contributed by atoms with Crippen molar-refractivity contribution in [2.75, 3.05) is 26.2 Å². The van der Waals surface area contributed by atoms with Crippen molar-refractivity contribution in [3.05, 3.63) is 51.2 Å². The standard InChI is InChI=1S/C24H30ClN3O3S/c1-16(2)26-24(30)27(13-17-3-4-17)14-23(29)28-11-9-22-20(10-12-32-22)21(28)15-31-19-7-5-18(25)6-8-19/h5-8,10,12,16-17,21H,3-4,9,11,13-15H2,1-2H3,(H,26,30)/t21-/m0/s1. The zero-order valence-corrected chi connectivity index (χ0v) is 20.1. The number of nitrogens with one attached hydrogen (secondary N) is 1. The highest BCUT2D eigenvalue weighted by Gasteiger charge is 2.35. The summed E-state index contributed by atoms with van der Waals surface area (Å²) in [5, 5.41) is 5.67. The molecule has 1 atom stereocenters. The van der Waals surface area contributed by atoms with Crippen molar-refractivity contribution in [2.45, 2.75) is 45.2 Å². The lowest BCUT2D eigenvalue weighted by Gasteiger charge is -2.37. The first-order chi connectivity index (χ1) is 15.4. The zero-order chi connectivity index (χ0) is 22.7. The first-order valence-corrected chi connectivity index (χ1v) is 12.5. The molecule has 0 spiro atoms. The molecule has 1 N–H and O–H groups in total.